The van der Waals surface area contributed by atoms with Crippen LogP contribution in [0.2, 0.25) is 0 Å². The van der Waals surface area contributed by atoms with Gasteiger partial charge in [-0.15, -0.1) is 21.5 Å². The van der Waals surface area contributed by atoms with Crippen LogP contribution in [0.3, 0.4) is 0 Å². The summed E-state index contributed by atoms with van der Waals surface area (Å²) < 4.78 is 0. The topological polar surface area (TPSA) is 50.7 Å². The Morgan fingerprint density at radius 2 is 1.78 bits per heavy atom. The van der Waals surface area contributed by atoms with Gasteiger partial charge in [-0.3, -0.25) is 0 Å². The van der Waals surface area contributed by atoms with Gasteiger partial charge in [0.15, 0.2) is 5.01 Å². The fourth-order valence-electron chi connectivity index (χ4n) is 1.61. The van der Waals surface area contributed by atoms with E-state index in [4.69, 9.17) is 0 Å². The molecular formula is C12H18N4S2. The van der Waals surface area contributed by atoms with Crippen LogP contribution < -0.4 is 5.32 Å². The van der Waals surface area contributed by atoms with Crippen LogP contribution in [0.25, 0.3) is 9.88 Å². The van der Waals surface area contributed by atoms with Crippen LogP contribution in [0.15, 0.2) is 0 Å². The van der Waals surface area contributed by atoms with Crippen molar-refractivity contribution in [2.24, 2.45) is 0 Å². The second kappa shape index (κ2) is 5.32. The van der Waals surface area contributed by atoms with Crippen LogP contribution >= 0.6 is 22.7 Å². The molecule has 6 heteroatoms. The first-order valence-electron chi connectivity index (χ1n) is 6.05. The Morgan fingerprint density at radius 1 is 1.06 bits per heavy atom. The Kier molecular flexibility index (Phi) is 3.97. The molecule has 0 radical (unpaired) electrons. The molecule has 4 nitrogen and oxygen atoms in total. The lowest BCUT2D eigenvalue weighted by Gasteiger charge is -2.03. The molecule has 2 aromatic heterocycles. The second-order valence-corrected chi connectivity index (χ2v) is 6.99. The van der Waals surface area contributed by atoms with E-state index in [9.17, 15) is 0 Å². The summed E-state index contributed by atoms with van der Waals surface area (Å²) in [6.45, 7) is 10.5. The summed E-state index contributed by atoms with van der Waals surface area (Å²) in [7, 11) is 0. The molecule has 0 unspecified atom stereocenters. The van der Waals surface area contributed by atoms with Crippen LogP contribution in [0, 0.1) is 6.92 Å². The zero-order chi connectivity index (χ0) is 13.3. The standard InChI is InChI=1S/C12H18N4S2/c1-6(2)9-10(17-8(5)14-9)11-15-16-12(18-11)13-7(3)4/h6-7H,1-5H3,(H,13,16). The molecule has 0 aliphatic carbocycles. The summed E-state index contributed by atoms with van der Waals surface area (Å²) in [5.41, 5.74) is 1.13. The fraction of sp³-hybridized carbons (Fsp3) is 0.583. The van der Waals surface area contributed by atoms with E-state index in [0.717, 1.165) is 25.7 Å². The first-order chi connectivity index (χ1) is 8.47. The Balaban J connectivity index is 2.33. The molecule has 0 saturated heterocycles. The van der Waals surface area contributed by atoms with E-state index in [0.29, 0.717) is 12.0 Å². The Labute approximate surface area is 116 Å². The van der Waals surface area contributed by atoms with E-state index in [2.05, 4.69) is 48.2 Å². The van der Waals surface area contributed by atoms with Gasteiger partial charge in [-0.1, -0.05) is 25.2 Å². The predicted molar refractivity (Wildman–Crippen MR) is 78.6 cm³/mol. The minimum Gasteiger partial charge on any atom is -0.358 e. The normalized spacial score (nSPS) is 11.5. The summed E-state index contributed by atoms with van der Waals surface area (Å²) in [4.78, 5) is 5.76. The Hall–Kier alpha value is -1.01. The maximum atomic E-state index is 4.59. The second-order valence-electron chi connectivity index (χ2n) is 4.81. The highest BCUT2D eigenvalue weighted by Gasteiger charge is 2.18. The van der Waals surface area contributed by atoms with Crippen molar-refractivity contribution in [3.05, 3.63) is 10.7 Å². The molecule has 2 aromatic rings. The maximum Gasteiger partial charge on any atom is 0.206 e. The molecule has 0 atom stereocenters. The van der Waals surface area contributed by atoms with Crippen LogP contribution in [-0.2, 0) is 0 Å². The summed E-state index contributed by atoms with van der Waals surface area (Å²) in [5.74, 6) is 0.412. The smallest absolute Gasteiger partial charge is 0.206 e. The van der Waals surface area contributed by atoms with Gasteiger partial charge >= 0.3 is 0 Å². The largest absolute Gasteiger partial charge is 0.358 e. The number of nitrogens with one attached hydrogen (secondary N) is 1. The van der Waals surface area contributed by atoms with E-state index in [1.54, 1.807) is 22.7 Å². The number of hydrogen-bond donors (Lipinski definition) is 1. The third-order valence-corrected chi connectivity index (χ3v) is 4.33. The lowest BCUT2D eigenvalue weighted by molar-refractivity contribution is 0.830. The van der Waals surface area contributed by atoms with Gasteiger partial charge < -0.3 is 5.32 Å². The minimum atomic E-state index is 0.374. The van der Waals surface area contributed by atoms with Crippen molar-refractivity contribution in [3.63, 3.8) is 0 Å². The molecule has 0 aliphatic rings. The van der Waals surface area contributed by atoms with Crippen molar-refractivity contribution in [2.45, 2.75) is 46.6 Å². The number of hydrogen-bond acceptors (Lipinski definition) is 6. The molecule has 1 N–H and O–H groups in total. The molecule has 0 amide bonds. The maximum absolute atomic E-state index is 4.59. The molecule has 98 valence electrons. The van der Waals surface area contributed by atoms with Gasteiger partial charge in [0, 0.05) is 6.04 Å². The molecule has 0 bridgehead atoms. The predicted octanol–water partition coefficient (Wildman–Crippen LogP) is 3.91. The average molecular weight is 282 g/mol. The van der Waals surface area contributed by atoms with Crippen LogP contribution in [-0.4, -0.2) is 21.2 Å². The number of rotatable bonds is 4. The summed E-state index contributed by atoms with van der Waals surface area (Å²) in [5, 5.41) is 14.7. The summed E-state index contributed by atoms with van der Waals surface area (Å²) >= 11 is 3.29. The zero-order valence-corrected chi connectivity index (χ0v) is 12.9. The number of aryl methyl sites for hydroxylation is 1. The molecule has 0 aromatic carbocycles. The number of thiazole rings is 1. The molecular weight excluding hydrogens is 264 g/mol. The van der Waals surface area contributed by atoms with E-state index >= 15 is 0 Å². The third-order valence-electron chi connectivity index (χ3n) is 2.34. The van der Waals surface area contributed by atoms with E-state index < -0.39 is 0 Å². The van der Waals surface area contributed by atoms with E-state index in [1.165, 1.54) is 0 Å². The SMILES string of the molecule is Cc1nc(C(C)C)c(-c2nnc(NC(C)C)s2)s1. The molecule has 2 heterocycles. The Morgan fingerprint density at radius 3 is 2.39 bits per heavy atom. The van der Waals surface area contributed by atoms with E-state index in [-0.39, 0.29) is 0 Å². The molecule has 2 rings (SSSR count). The van der Waals surface area contributed by atoms with Gasteiger partial charge in [0.2, 0.25) is 5.13 Å². The summed E-state index contributed by atoms with van der Waals surface area (Å²) in [6, 6.07) is 0.374. The molecule has 0 fully saturated rings. The van der Waals surface area contributed by atoms with Crippen LogP contribution in [0.5, 0.6) is 0 Å². The van der Waals surface area contributed by atoms with Gasteiger partial charge in [0.25, 0.3) is 0 Å². The zero-order valence-electron chi connectivity index (χ0n) is 11.3. The fourth-order valence-corrected chi connectivity index (χ4v) is 3.65. The van der Waals surface area contributed by atoms with Crippen molar-refractivity contribution >= 4 is 27.8 Å². The minimum absolute atomic E-state index is 0.374. The van der Waals surface area contributed by atoms with Crippen LogP contribution in [0.1, 0.15) is 44.3 Å². The first kappa shape index (κ1) is 13.4. The lowest BCUT2D eigenvalue weighted by atomic mass is 10.1. The van der Waals surface area contributed by atoms with Crippen molar-refractivity contribution in [2.75, 3.05) is 5.32 Å². The van der Waals surface area contributed by atoms with Crippen molar-refractivity contribution in [1.82, 2.24) is 15.2 Å². The average Bonchev–Trinajstić information content (AvgIpc) is 2.83. The Bertz CT molecular complexity index is 528. The highest BCUT2D eigenvalue weighted by Crippen LogP contribution is 2.36. The quantitative estimate of drug-likeness (QED) is 0.923. The van der Waals surface area contributed by atoms with Crippen molar-refractivity contribution in [1.29, 1.82) is 0 Å². The molecule has 0 saturated carbocycles. The molecule has 18 heavy (non-hydrogen) atoms. The first-order valence-corrected chi connectivity index (χ1v) is 7.68. The van der Waals surface area contributed by atoms with Crippen LogP contribution in [0.4, 0.5) is 5.13 Å². The van der Waals surface area contributed by atoms with Crippen molar-refractivity contribution < 1.29 is 0 Å². The molecule has 0 aliphatic heterocycles. The van der Waals surface area contributed by atoms with E-state index in [1.807, 2.05) is 6.92 Å². The monoisotopic (exact) mass is 282 g/mol. The molecule has 0 spiro atoms. The van der Waals surface area contributed by atoms with Gasteiger partial charge in [-0.05, 0) is 26.7 Å². The number of anilines is 1. The van der Waals surface area contributed by atoms with Crippen molar-refractivity contribution in [3.8, 4) is 9.88 Å². The third kappa shape index (κ3) is 2.87. The number of aromatic nitrogens is 3. The number of nitrogens with zero attached hydrogens (tertiary/aromatic N) is 3. The lowest BCUT2D eigenvalue weighted by Crippen LogP contribution is -2.08. The van der Waals surface area contributed by atoms with Gasteiger partial charge in [-0.2, -0.15) is 0 Å². The van der Waals surface area contributed by atoms with Gasteiger partial charge in [-0.25, -0.2) is 4.98 Å². The highest BCUT2D eigenvalue weighted by atomic mass is 32.1. The summed E-state index contributed by atoms with van der Waals surface area (Å²) in [6.07, 6.45) is 0. The van der Waals surface area contributed by atoms with Gasteiger partial charge in [0.05, 0.1) is 15.6 Å². The van der Waals surface area contributed by atoms with Gasteiger partial charge in [0.1, 0.15) is 0 Å². The highest BCUT2D eigenvalue weighted by molar-refractivity contribution is 7.23.